The van der Waals surface area contributed by atoms with Crippen LogP contribution in [0.2, 0.25) is 0 Å². The van der Waals surface area contributed by atoms with Gasteiger partial charge in [-0.05, 0) is 24.3 Å². The monoisotopic (exact) mass is 325 g/mol. The van der Waals surface area contributed by atoms with Crippen molar-refractivity contribution in [2.75, 3.05) is 6.54 Å². The molecule has 2 aromatic rings. The van der Waals surface area contributed by atoms with Gasteiger partial charge in [0, 0.05) is 30.9 Å². The number of carbonyl (C=O) groups excluding carboxylic acids is 2. The first-order valence-corrected chi connectivity index (χ1v) is 7.00. The highest BCUT2D eigenvalue weighted by Gasteiger charge is 2.31. The zero-order chi connectivity index (χ0) is 16.8. The second-order valence-electron chi connectivity index (χ2n) is 5.54. The van der Waals surface area contributed by atoms with E-state index in [0.29, 0.717) is 17.4 Å². The lowest BCUT2D eigenvalue weighted by Crippen LogP contribution is -2.37. The van der Waals surface area contributed by atoms with E-state index in [0.717, 1.165) is 12.1 Å². The number of rotatable bonds is 2. The van der Waals surface area contributed by atoms with Crippen molar-refractivity contribution < 1.29 is 22.8 Å². The molecule has 0 aliphatic carbocycles. The van der Waals surface area contributed by atoms with Crippen LogP contribution in [0.5, 0.6) is 0 Å². The molecule has 1 saturated heterocycles. The summed E-state index contributed by atoms with van der Waals surface area (Å²) < 4.78 is 39.8. The molecule has 1 aromatic carbocycles. The average Bonchev–Trinajstić information content (AvgIpc) is 3.01. The summed E-state index contributed by atoms with van der Waals surface area (Å²) in [4.78, 5) is 23.4. The van der Waals surface area contributed by atoms with Gasteiger partial charge in [0.15, 0.2) is 0 Å². The van der Waals surface area contributed by atoms with Crippen LogP contribution < -0.4 is 10.6 Å². The number of amides is 2. The molecule has 1 aliphatic rings. The molecule has 1 atom stereocenters. The minimum absolute atomic E-state index is 0.137. The summed E-state index contributed by atoms with van der Waals surface area (Å²) in [6.45, 7) is 0.354. The van der Waals surface area contributed by atoms with Crippen LogP contribution in [-0.4, -0.2) is 29.0 Å². The smallest absolute Gasteiger partial charge is 0.354 e. The molecular weight excluding hydrogens is 311 g/mol. The van der Waals surface area contributed by atoms with E-state index in [2.05, 4.69) is 10.6 Å². The van der Waals surface area contributed by atoms with Crippen LogP contribution in [0, 0.1) is 0 Å². The van der Waals surface area contributed by atoms with E-state index >= 15 is 0 Å². The number of nitrogens with one attached hydrogen (secondary N) is 2. The van der Waals surface area contributed by atoms with Crippen LogP contribution in [0.4, 0.5) is 13.2 Å². The van der Waals surface area contributed by atoms with Crippen LogP contribution in [0.3, 0.4) is 0 Å². The minimum atomic E-state index is -4.43. The van der Waals surface area contributed by atoms with Gasteiger partial charge in [-0.1, -0.05) is 0 Å². The number of aryl methyl sites for hydroxylation is 1. The fourth-order valence-electron chi connectivity index (χ4n) is 2.71. The van der Waals surface area contributed by atoms with Crippen molar-refractivity contribution in [2.24, 2.45) is 7.05 Å². The van der Waals surface area contributed by atoms with Gasteiger partial charge < -0.3 is 15.2 Å². The lowest BCUT2D eigenvalue weighted by molar-refractivity contribution is -0.137. The fraction of sp³-hybridized carbons (Fsp3) is 0.333. The first-order valence-electron chi connectivity index (χ1n) is 7.00. The average molecular weight is 325 g/mol. The molecule has 3 rings (SSSR count). The Balaban J connectivity index is 1.90. The largest absolute Gasteiger partial charge is 0.416 e. The SMILES string of the molecule is Cn1c(C(=O)NC2CNC(=O)C2)cc2cc(C(F)(F)F)ccc21. The second kappa shape index (κ2) is 5.29. The maximum atomic E-state index is 12.8. The van der Waals surface area contributed by atoms with E-state index in [-0.39, 0.29) is 24.1 Å². The summed E-state index contributed by atoms with van der Waals surface area (Å²) >= 11 is 0. The van der Waals surface area contributed by atoms with Crippen molar-refractivity contribution in [1.82, 2.24) is 15.2 Å². The van der Waals surface area contributed by atoms with Gasteiger partial charge in [-0.3, -0.25) is 9.59 Å². The Hall–Kier alpha value is -2.51. The van der Waals surface area contributed by atoms with Gasteiger partial charge >= 0.3 is 6.18 Å². The molecule has 1 fully saturated rings. The molecule has 2 amide bonds. The summed E-state index contributed by atoms with van der Waals surface area (Å²) in [6, 6.07) is 4.47. The number of aromatic nitrogens is 1. The van der Waals surface area contributed by atoms with Gasteiger partial charge in [0.2, 0.25) is 5.91 Å². The number of halogens is 3. The molecule has 1 unspecified atom stereocenters. The molecule has 122 valence electrons. The third-order valence-corrected chi connectivity index (χ3v) is 3.92. The molecule has 0 radical (unpaired) electrons. The summed E-state index contributed by atoms with van der Waals surface area (Å²) in [7, 11) is 1.61. The molecule has 0 saturated carbocycles. The van der Waals surface area contributed by atoms with Gasteiger partial charge in [0.25, 0.3) is 5.91 Å². The molecular formula is C15H14F3N3O2. The molecule has 0 spiro atoms. The van der Waals surface area contributed by atoms with E-state index in [4.69, 9.17) is 0 Å². The molecule has 2 heterocycles. The molecule has 8 heteroatoms. The molecule has 0 bridgehead atoms. The van der Waals surface area contributed by atoms with E-state index in [1.165, 1.54) is 16.7 Å². The van der Waals surface area contributed by atoms with E-state index in [1.54, 1.807) is 7.05 Å². The molecule has 23 heavy (non-hydrogen) atoms. The van der Waals surface area contributed by atoms with Gasteiger partial charge in [0.05, 0.1) is 11.6 Å². The number of hydrogen-bond acceptors (Lipinski definition) is 2. The first-order chi connectivity index (χ1) is 10.8. The Morgan fingerprint density at radius 3 is 2.70 bits per heavy atom. The predicted molar refractivity (Wildman–Crippen MR) is 76.8 cm³/mol. The second-order valence-corrected chi connectivity index (χ2v) is 5.54. The van der Waals surface area contributed by atoms with Crippen LogP contribution in [0.25, 0.3) is 10.9 Å². The summed E-state index contributed by atoms with van der Waals surface area (Å²) in [5.41, 5.74) is 0.0237. The van der Waals surface area contributed by atoms with Gasteiger partial charge in [-0.15, -0.1) is 0 Å². The predicted octanol–water partition coefficient (Wildman–Crippen LogP) is 1.82. The van der Waals surface area contributed by atoms with Crippen molar-refractivity contribution in [3.63, 3.8) is 0 Å². The van der Waals surface area contributed by atoms with Crippen LogP contribution >= 0.6 is 0 Å². The van der Waals surface area contributed by atoms with Crippen molar-refractivity contribution in [1.29, 1.82) is 0 Å². The van der Waals surface area contributed by atoms with E-state index < -0.39 is 17.6 Å². The third-order valence-electron chi connectivity index (χ3n) is 3.92. The number of benzene rings is 1. The topological polar surface area (TPSA) is 63.1 Å². The maximum Gasteiger partial charge on any atom is 0.416 e. The summed E-state index contributed by atoms with van der Waals surface area (Å²) in [5.74, 6) is -0.555. The van der Waals surface area contributed by atoms with Crippen molar-refractivity contribution in [3.05, 3.63) is 35.5 Å². The van der Waals surface area contributed by atoms with Gasteiger partial charge in [-0.2, -0.15) is 13.2 Å². The van der Waals surface area contributed by atoms with Crippen molar-refractivity contribution in [2.45, 2.75) is 18.6 Å². The highest BCUT2D eigenvalue weighted by Crippen LogP contribution is 2.32. The van der Waals surface area contributed by atoms with Crippen LogP contribution in [0.1, 0.15) is 22.5 Å². The van der Waals surface area contributed by atoms with E-state index in [1.807, 2.05) is 0 Å². The maximum absolute atomic E-state index is 12.8. The lowest BCUT2D eigenvalue weighted by Gasteiger charge is -2.11. The quantitative estimate of drug-likeness (QED) is 0.885. The number of hydrogen-bond donors (Lipinski definition) is 2. The third kappa shape index (κ3) is 2.88. The van der Waals surface area contributed by atoms with Gasteiger partial charge in [-0.25, -0.2) is 0 Å². The Morgan fingerprint density at radius 2 is 2.09 bits per heavy atom. The Morgan fingerprint density at radius 1 is 1.35 bits per heavy atom. The van der Waals surface area contributed by atoms with E-state index in [9.17, 15) is 22.8 Å². The summed E-state index contributed by atoms with van der Waals surface area (Å²) in [6.07, 6.45) is -4.23. The number of carbonyl (C=O) groups is 2. The highest BCUT2D eigenvalue weighted by atomic mass is 19.4. The van der Waals surface area contributed by atoms with Crippen molar-refractivity contribution >= 4 is 22.7 Å². The number of fused-ring (bicyclic) bond motifs is 1. The zero-order valence-corrected chi connectivity index (χ0v) is 12.2. The molecule has 5 nitrogen and oxygen atoms in total. The fourth-order valence-corrected chi connectivity index (χ4v) is 2.71. The zero-order valence-electron chi connectivity index (χ0n) is 12.2. The summed E-state index contributed by atoms with van der Waals surface area (Å²) in [5, 5.41) is 5.65. The highest BCUT2D eigenvalue weighted by molar-refractivity contribution is 5.99. The number of nitrogens with zero attached hydrogens (tertiary/aromatic N) is 1. The minimum Gasteiger partial charge on any atom is -0.354 e. The Bertz CT molecular complexity index is 795. The Labute approximate surface area is 129 Å². The molecule has 2 N–H and O–H groups in total. The number of alkyl halides is 3. The molecule has 1 aliphatic heterocycles. The lowest BCUT2D eigenvalue weighted by atomic mass is 10.1. The Kier molecular flexibility index (Phi) is 3.54. The first kappa shape index (κ1) is 15.4. The van der Waals surface area contributed by atoms with Crippen LogP contribution in [0.15, 0.2) is 24.3 Å². The van der Waals surface area contributed by atoms with Crippen LogP contribution in [-0.2, 0) is 18.0 Å². The normalized spacial score (nSPS) is 18.3. The standard InChI is InChI=1S/C15H14F3N3O2/c1-21-11-3-2-9(15(16,17)18)4-8(11)5-12(21)14(23)20-10-6-13(22)19-7-10/h2-5,10H,6-7H2,1H3,(H,19,22)(H,20,23). The molecule has 1 aromatic heterocycles. The van der Waals surface area contributed by atoms with Crippen molar-refractivity contribution in [3.8, 4) is 0 Å². The van der Waals surface area contributed by atoms with Gasteiger partial charge in [0.1, 0.15) is 5.69 Å².